The molecule has 5 aromatic rings. The lowest BCUT2D eigenvalue weighted by Crippen LogP contribution is -2.70. The third kappa shape index (κ3) is 12.8. The van der Waals surface area contributed by atoms with Gasteiger partial charge in [0.25, 0.3) is 5.69 Å². The van der Waals surface area contributed by atoms with Gasteiger partial charge in [-0.1, -0.05) is 90.8 Å². The fourth-order valence-electron chi connectivity index (χ4n) is 10.5. The van der Waals surface area contributed by atoms with Gasteiger partial charge in [-0.25, -0.2) is 13.6 Å². The molecule has 390 valence electrons. The van der Waals surface area contributed by atoms with E-state index in [0.29, 0.717) is 79.0 Å². The highest BCUT2D eigenvalue weighted by atomic mass is 19.1. The molecule has 1 saturated carbocycles. The molecule has 0 spiro atoms. The molecule has 14 nitrogen and oxygen atoms in total. The second-order valence-electron chi connectivity index (χ2n) is 18.8. The average Bonchev–Trinajstić information content (AvgIpc) is 3.41. The van der Waals surface area contributed by atoms with Crippen molar-refractivity contribution in [3.05, 3.63) is 195 Å². The van der Waals surface area contributed by atoms with Crippen LogP contribution in [0.5, 0.6) is 11.5 Å². The quantitative estimate of drug-likeness (QED) is 0.0234. The minimum absolute atomic E-state index is 0.0000688. The Morgan fingerprint density at radius 1 is 0.851 bits per heavy atom. The molecule has 16 heteroatoms. The molecule has 5 aromatic carbocycles. The van der Waals surface area contributed by atoms with Crippen LogP contribution in [-0.2, 0) is 45.4 Å². The number of non-ortho nitro benzene ring substituents is 1. The number of benzene rings is 5. The van der Waals surface area contributed by atoms with Gasteiger partial charge in [-0.3, -0.25) is 15.0 Å². The van der Waals surface area contributed by atoms with Gasteiger partial charge in [0, 0.05) is 55.4 Å². The first-order valence-corrected chi connectivity index (χ1v) is 25.2. The standard InChI is InChI=1S/C58H63F2N3O11/c1-2-30-72-58-54(62(36-40-18-22-45(59)23-19-40)57(66)70-32-31-69-37-41-12-4-3-5-13-41)35-52(61-73-38-42-20-24-46(25-21-42)63(67)68)49-33-43(14-8-10-28-64)48(16-9-11-29-65)55(56(49)58)50-34-47(26-27-53(50)74-58)71-39-44-15-6-7-17-51(44)60/h2-7,12-13,15,17-27,33-34,43,48,54-56,64-65H,1,8-11,14,16,28-32,35-39H2. The van der Waals surface area contributed by atoms with Crippen LogP contribution in [0, 0.1) is 39.5 Å². The minimum Gasteiger partial charge on any atom is -0.489 e. The van der Waals surface area contributed by atoms with Crippen molar-refractivity contribution in [2.24, 2.45) is 22.9 Å². The van der Waals surface area contributed by atoms with E-state index in [4.69, 9.17) is 33.7 Å². The van der Waals surface area contributed by atoms with Crippen LogP contribution >= 0.6 is 0 Å². The Labute approximate surface area is 430 Å². The molecule has 0 aromatic heterocycles. The number of aliphatic hydroxyl groups is 2. The van der Waals surface area contributed by atoms with Gasteiger partial charge in [0.2, 0.25) is 5.79 Å². The van der Waals surface area contributed by atoms with Gasteiger partial charge in [0.15, 0.2) is 0 Å². The number of allylic oxidation sites excluding steroid dienone is 1. The number of hydrogen-bond acceptors (Lipinski definition) is 12. The Bertz CT molecular complexity index is 2720. The fraction of sp³-hybridized carbons (Fsp3) is 0.379. The van der Waals surface area contributed by atoms with Gasteiger partial charge in [-0.15, -0.1) is 6.58 Å². The number of oxime groups is 1. The Hall–Kier alpha value is -6.98. The first-order chi connectivity index (χ1) is 36.1. The monoisotopic (exact) mass is 1020 g/mol. The number of aliphatic hydroxyl groups excluding tert-OH is 2. The van der Waals surface area contributed by atoms with Crippen LogP contribution in [0.15, 0.2) is 151 Å². The number of carbonyl (C=O) groups is 1. The zero-order chi connectivity index (χ0) is 51.9. The number of hydrogen-bond donors (Lipinski definition) is 2. The third-order valence-electron chi connectivity index (χ3n) is 14.0. The van der Waals surface area contributed by atoms with E-state index in [-0.39, 0.29) is 76.7 Å². The van der Waals surface area contributed by atoms with Crippen molar-refractivity contribution in [1.29, 1.82) is 0 Å². The zero-order valence-electron chi connectivity index (χ0n) is 41.3. The Kier molecular flexibility index (Phi) is 18.6. The van der Waals surface area contributed by atoms with Crippen molar-refractivity contribution in [2.75, 3.05) is 33.0 Å². The van der Waals surface area contributed by atoms with Crippen LogP contribution in [-0.4, -0.2) is 76.7 Å². The smallest absolute Gasteiger partial charge is 0.410 e. The van der Waals surface area contributed by atoms with Gasteiger partial charge in [-0.05, 0) is 108 Å². The average molecular weight is 1020 g/mol. The van der Waals surface area contributed by atoms with Crippen molar-refractivity contribution in [3.63, 3.8) is 0 Å². The number of ether oxygens (including phenoxy) is 5. The first kappa shape index (κ1) is 53.3. The maximum Gasteiger partial charge on any atom is 0.410 e. The SMILES string of the molecule is C=CCOC12Oc3ccc(OCc4ccccc4F)cc3C3C(CCCCO)C(CCCCO)C=C(C(=NOCc4ccc([N+](=O)[O-])cc4)CC1N(Cc1ccc(F)cc1)C(=O)OCCOCc1ccccc1)C32. The number of nitro benzene ring substituents is 1. The normalized spacial score (nSPS) is 21.1. The predicted octanol–water partition coefficient (Wildman–Crippen LogP) is 11.1. The van der Waals surface area contributed by atoms with Crippen LogP contribution in [0.1, 0.15) is 78.7 Å². The van der Waals surface area contributed by atoms with Crippen LogP contribution < -0.4 is 9.47 Å². The predicted molar refractivity (Wildman–Crippen MR) is 273 cm³/mol. The van der Waals surface area contributed by atoms with Gasteiger partial charge in [0.1, 0.15) is 49.0 Å². The molecule has 0 saturated heterocycles. The van der Waals surface area contributed by atoms with E-state index in [1.807, 2.05) is 42.5 Å². The van der Waals surface area contributed by atoms with E-state index in [1.54, 1.807) is 54.6 Å². The number of unbranched alkanes of at least 4 members (excludes halogenated alkanes) is 2. The first-order valence-electron chi connectivity index (χ1n) is 25.2. The van der Waals surface area contributed by atoms with E-state index < -0.39 is 46.3 Å². The minimum atomic E-state index is -1.67. The van der Waals surface area contributed by atoms with Crippen molar-refractivity contribution in [3.8, 4) is 11.5 Å². The maximum absolute atomic E-state index is 15.0. The molecule has 8 rings (SSSR count). The molecule has 6 atom stereocenters. The Morgan fingerprint density at radius 2 is 1.57 bits per heavy atom. The van der Waals surface area contributed by atoms with Gasteiger partial charge in [0.05, 0.1) is 36.4 Å². The van der Waals surface area contributed by atoms with E-state index >= 15 is 4.79 Å². The van der Waals surface area contributed by atoms with Crippen LogP contribution in [0.4, 0.5) is 19.3 Å². The summed E-state index contributed by atoms with van der Waals surface area (Å²) in [5.74, 6) is -2.90. The van der Waals surface area contributed by atoms with Crippen LogP contribution in [0.25, 0.3) is 0 Å². The largest absolute Gasteiger partial charge is 0.489 e. The number of fused-ring (bicyclic) bond motifs is 2. The molecule has 0 radical (unpaired) electrons. The zero-order valence-corrected chi connectivity index (χ0v) is 41.3. The number of halogens is 2. The van der Waals surface area contributed by atoms with E-state index in [1.165, 1.54) is 35.2 Å². The molecular weight excluding hydrogens is 953 g/mol. The fourth-order valence-corrected chi connectivity index (χ4v) is 10.5. The van der Waals surface area contributed by atoms with Crippen molar-refractivity contribution in [2.45, 2.75) is 89.1 Å². The van der Waals surface area contributed by atoms with Gasteiger partial charge in [-0.2, -0.15) is 0 Å². The lowest BCUT2D eigenvalue weighted by molar-refractivity contribution is -0.384. The summed E-state index contributed by atoms with van der Waals surface area (Å²) < 4.78 is 62.2. The summed E-state index contributed by atoms with van der Waals surface area (Å²) in [6, 6.07) is 32.4. The summed E-state index contributed by atoms with van der Waals surface area (Å²) in [5.41, 5.74) is 4.54. The molecule has 0 bridgehead atoms. The summed E-state index contributed by atoms with van der Waals surface area (Å²) in [7, 11) is 0. The number of carbonyl (C=O) groups excluding carboxylic acids is 1. The molecule has 1 heterocycles. The molecule has 1 amide bonds. The summed E-state index contributed by atoms with van der Waals surface area (Å²) in [5, 5.41) is 36.4. The highest BCUT2D eigenvalue weighted by Crippen LogP contribution is 2.62. The second kappa shape index (κ2) is 25.8. The highest BCUT2D eigenvalue weighted by Gasteiger charge is 2.65. The Balaban J connectivity index is 1.27. The topological polar surface area (TPSA) is 172 Å². The van der Waals surface area contributed by atoms with Crippen LogP contribution in [0.3, 0.4) is 0 Å². The molecule has 2 aliphatic carbocycles. The second-order valence-corrected chi connectivity index (χ2v) is 18.8. The Morgan fingerprint density at radius 3 is 2.30 bits per heavy atom. The van der Waals surface area contributed by atoms with Gasteiger partial charge < -0.3 is 38.7 Å². The van der Waals surface area contributed by atoms with Crippen LogP contribution in [0.2, 0.25) is 0 Å². The summed E-state index contributed by atoms with van der Waals surface area (Å²) in [6.07, 6.45) is 7.02. The molecule has 1 fully saturated rings. The summed E-state index contributed by atoms with van der Waals surface area (Å²) in [4.78, 5) is 33.7. The molecule has 74 heavy (non-hydrogen) atoms. The van der Waals surface area contributed by atoms with E-state index in [0.717, 1.165) is 16.7 Å². The maximum atomic E-state index is 15.0. The molecule has 1 aliphatic heterocycles. The number of nitro groups is 1. The molecule has 2 N–H and O–H groups in total. The molecular formula is C58H63F2N3O11. The number of nitrogens with zero attached hydrogens (tertiary/aromatic N) is 3. The number of amides is 1. The summed E-state index contributed by atoms with van der Waals surface area (Å²) in [6.45, 7) is 4.19. The lowest BCUT2D eigenvalue weighted by Gasteiger charge is -2.59. The lowest BCUT2D eigenvalue weighted by atomic mass is 9.55. The molecule has 6 unspecified atom stereocenters. The van der Waals surface area contributed by atoms with Crippen molar-refractivity contribution < 1.29 is 57.2 Å². The van der Waals surface area contributed by atoms with Crippen molar-refractivity contribution >= 4 is 17.5 Å². The van der Waals surface area contributed by atoms with E-state index in [2.05, 4.69) is 12.7 Å². The summed E-state index contributed by atoms with van der Waals surface area (Å²) >= 11 is 0. The third-order valence-corrected chi connectivity index (χ3v) is 14.0. The van der Waals surface area contributed by atoms with Crippen molar-refractivity contribution in [1.82, 2.24) is 4.90 Å². The van der Waals surface area contributed by atoms with Gasteiger partial charge >= 0.3 is 6.09 Å². The highest BCUT2D eigenvalue weighted by molar-refractivity contribution is 6.03. The molecule has 3 aliphatic rings. The van der Waals surface area contributed by atoms with E-state index in [9.17, 15) is 29.1 Å². The number of rotatable bonds is 26.